The van der Waals surface area contributed by atoms with Gasteiger partial charge < -0.3 is 5.32 Å². The molecule has 0 saturated carbocycles. The van der Waals surface area contributed by atoms with Crippen molar-refractivity contribution in [2.75, 3.05) is 11.9 Å². The first-order chi connectivity index (χ1) is 7.81. The maximum Gasteiger partial charge on any atom is 0.183 e. The van der Waals surface area contributed by atoms with E-state index in [0.29, 0.717) is 0 Å². The van der Waals surface area contributed by atoms with E-state index < -0.39 is 0 Å². The lowest BCUT2D eigenvalue weighted by atomic mass is 10.2. The number of thiazole rings is 1. The highest BCUT2D eigenvalue weighted by molar-refractivity contribution is 9.10. The average molecular weight is 295 g/mol. The Balaban J connectivity index is 2.25. The maximum absolute atomic E-state index is 4.51. The Bertz CT molecular complexity index is 493. The van der Waals surface area contributed by atoms with Gasteiger partial charge in [0.25, 0.3) is 0 Å². The number of hydrogen-bond donors (Lipinski definition) is 1. The van der Waals surface area contributed by atoms with Crippen molar-refractivity contribution in [2.24, 2.45) is 0 Å². The zero-order chi connectivity index (χ0) is 11.4. The van der Waals surface area contributed by atoms with Gasteiger partial charge in [-0.05, 0) is 6.07 Å². The molecule has 0 atom stereocenters. The largest absolute Gasteiger partial charge is 0.358 e. The summed E-state index contributed by atoms with van der Waals surface area (Å²) in [4.78, 5) is 4.51. The molecule has 0 spiro atoms. The Morgan fingerprint density at radius 1 is 1.44 bits per heavy atom. The van der Waals surface area contributed by atoms with Crippen LogP contribution in [-0.4, -0.2) is 11.5 Å². The van der Waals surface area contributed by atoms with Gasteiger partial charge in [-0.25, -0.2) is 4.98 Å². The Morgan fingerprint density at radius 2 is 2.25 bits per heavy atom. The van der Waals surface area contributed by atoms with Crippen molar-refractivity contribution >= 4 is 32.4 Å². The van der Waals surface area contributed by atoms with E-state index in [0.717, 1.165) is 27.4 Å². The van der Waals surface area contributed by atoms with Crippen LogP contribution < -0.4 is 5.32 Å². The molecule has 2 aromatic rings. The van der Waals surface area contributed by atoms with Crippen LogP contribution in [0.25, 0.3) is 11.3 Å². The summed E-state index contributed by atoms with van der Waals surface area (Å²) in [6.07, 6.45) is 1.82. The summed E-state index contributed by atoms with van der Waals surface area (Å²) in [6.45, 7) is 4.40. The van der Waals surface area contributed by atoms with Crippen LogP contribution >= 0.6 is 27.3 Å². The third-order valence-corrected chi connectivity index (χ3v) is 3.54. The fourth-order valence-electron chi connectivity index (χ4n) is 1.31. The summed E-state index contributed by atoms with van der Waals surface area (Å²) in [5.41, 5.74) is 2.11. The second-order valence-corrected chi connectivity index (χ2v) is 4.90. The molecule has 1 N–H and O–H groups in total. The lowest BCUT2D eigenvalue weighted by Crippen LogP contribution is -1.96. The molecule has 0 saturated heterocycles. The van der Waals surface area contributed by atoms with Crippen LogP contribution in [0, 0.1) is 0 Å². The summed E-state index contributed by atoms with van der Waals surface area (Å²) in [5.74, 6) is 0. The van der Waals surface area contributed by atoms with E-state index in [2.05, 4.69) is 38.9 Å². The Kier molecular flexibility index (Phi) is 3.74. The van der Waals surface area contributed by atoms with Crippen molar-refractivity contribution < 1.29 is 0 Å². The van der Waals surface area contributed by atoms with Gasteiger partial charge in [0.05, 0.1) is 5.69 Å². The first-order valence-electron chi connectivity index (χ1n) is 4.86. The number of halogens is 1. The van der Waals surface area contributed by atoms with Gasteiger partial charge in [0, 0.05) is 22.0 Å². The normalized spacial score (nSPS) is 10.1. The van der Waals surface area contributed by atoms with Crippen LogP contribution in [0.5, 0.6) is 0 Å². The van der Waals surface area contributed by atoms with Crippen LogP contribution in [0.3, 0.4) is 0 Å². The van der Waals surface area contributed by atoms with Crippen molar-refractivity contribution in [1.29, 1.82) is 0 Å². The van der Waals surface area contributed by atoms with Gasteiger partial charge in [0.15, 0.2) is 5.13 Å². The molecule has 16 heavy (non-hydrogen) atoms. The highest BCUT2D eigenvalue weighted by Crippen LogP contribution is 2.30. The van der Waals surface area contributed by atoms with Crippen molar-refractivity contribution in [1.82, 2.24) is 4.98 Å². The summed E-state index contributed by atoms with van der Waals surface area (Å²) in [5, 5.41) is 6.15. The molecule has 0 bridgehead atoms. The Labute approximate surface area is 107 Å². The Hall–Kier alpha value is -1.13. The fourth-order valence-corrected chi connectivity index (χ4v) is 2.52. The topological polar surface area (TPSA) is 24.9 Å². The maximum atomic E-state index is 4.51. The number of rotatable bonds is 4. The standard InChI is InChI=1S/C12H11BrN2S/c1-2-7-14-12-15-11(8-16-12)9-5-3-4-6-10(9)13/h2-6,8H,1,7H2,(H,14,15). The molecule has 0 radical (unpaired) electrons. The van der Waals surface area contributed by atoms with Crippen LogP contribution in [0.1, 0.15) is 0 Å². The number of benzene rings is 1. The fraction of sp³-hybridized carbons (Fsp3) is 0.0833. The molecule has 2 nitrogen and oxygen atoms in total. The third-order valence-electron chi connectivity index (χ3n) is 2.05. The molecule has 0 aliphatic rings. The highest BCUT2D eigenvalue weighted by atomic mass is 79.9. The van der Waals surface area contributed by atoms with Gasteiger partial charge in [0.1, 0.15) is 0 Å². The third kappa shape index (κ3) is 2.51. The lowest BCUT2D eigenvalue weighted by Gasteiger charge is -1.99. The molecule has 0 unspecified atom stereocenters. The molecule has 2 rings (SSSR count). The van der Waals surface area contributed by atoms with Gasteiger partial charge in [-0.3, -0.25) is 0 Å². The highest BCUT2D eigenvalue weighted by Gasteiger charge is 2.06. The van der Waals surface area contributed by atoms with Crippen LogP contribution in [-0.2, 0) is 0 Å². The summed E-state index contributed by atoms with van der Waals surface area (Å²) < 4.78 is 1.07. The Morgan fingerprint density at radius 3 is 3.00 bits per heavy atom. The van der Waals surface area contributed by atoms with E-state index in [4.69, 9.17) is 0 Å². The second-order valence-electron chi connectivity index (χ2n) is 3.19. The minimum absolute atomic E-state index is 0.739. The SMILES string of the molecule is C=CCNc1nc(-c2ccccc2Br)cs1. The molecule has 1 aromatic carbocycles. The van der Waals surface area contributed by atoms with E-state index in [1.165, 1.54) is 0 Å². The molecular formula is C12H11BrN2S. The van der Waals surface area contributed by atoms with Crippen molar-refractivity contribution in [3.05, 3.63) is 46.8 Å². The predicted molar refractivity (Wildman–Crippen MR) is 73.9 cm³/mol. The second kappa shape index (κ2) is 5.27. The molecule has 0 fully saturated rings. The van der Waals surface area contributed by atoms with Gasteiger partial charge in [-0.1, -0.05) is 40.2 Å². The lowest BCUT2D eigenvalue weighted by molar-refractivity contribution is 1.28. The quantitative estimate of drug-likeness (QED) is 0.856. The molecular weight excluding hydrogens is 284 g/mol. The molecule has 1 heterocycles. The van der Waals surface area contributed by atoms with Crippen molar-refractivity contribution in [3.63, 3.8) is 0 Å². The minimum Gasteiger partial charge on any atom is -0.358 e. The minimum atomic E-state index is 0.739. The van der Waals surface area contributed by atoms with E-state index in [9.17, 15) is 0 Å². The zero-order valence-corrected chi connectivity index (χ0v) is 11.0. The van der Waals surface area contributed by atoms with E-state index >= 15 is 0 Å². The molecule has 1 aromatic heterocycles. The monoisotopic (exact) mass is 294 g/mol. The van der Waals surface area contributed by atoms with Crippen molar-refractivity contribution in [2.45, 2.75) is 0 Å². The predicted octanol–water partition coefficient (Wildman–Crippen LogP) is 4.17. The first-order valence-corrected chi connectivity index (χ1v) is 6.53. The molecule has 82 valence electrons. The molecule has 0 amide bonds. The number of anilines is 1. The zero-order valence-electron chi connectivity index (χ0n) is 8.61. The van der Waals surface area contributed by atoms with Crippen LogP contribution in [0.4, 0.5) is 5.13 Å². The van der Waals surface area contributed by atoms with E-state index in [1.807, 2.05) is 29.7 Å². The molecule has 0 aliphatic heterocycles. The number of aromatic nitrogens is 1. The smallest absolute Gasteiger partial charge is 0.183 e. The number of nitrogens with zero attached hydrogens (tertiary/aromatic N) is 1. The van der Waals surface area contributed by atoms with Gasteiger partial charge in [0.2, 0.25) is 0 Å². The summed E-state index contributed by atoms with van der Waals surface area (Å²) >= 11 is 5.13. The van der Waals surface area contributed by atoms with Crippen LogP contribution in [0.15, 0.2) is 46.8 Å². The first kappa shape index (κ1) is 11.4. The van der Waals surface area contributed by atoms with Gasteiger partial charge >= 0.3 is 0 Å². The van der Waals surface area contributed by atoms with E-state index in [-0.39, 0.29) is 0 Å². The number of nitrogens with one attached hydrogen (secondary N) is 1. The average Bonchev–Trinajstić information content (AvgIpc) is 2.75. The number of hydrogen-bond acceptors (Lipinski definition) is 3. The molecule has 4 heteroatoms. The van der Waals surface area contributed by atoms with Crippen LogP contribution in [0.2, 0.25) is 0 Å². The van der Waals surface area contributed by atoms with Crippen molar-refractivity contribution in [3.8, 4) is 11.3 Å². The van der Waals surface area contributed by atoms with Gasteiger partial charge in [-0.15, -0.1) is 17.9 Å². The summed E-state index contributed by atoms with van der Waals surface area (Å²) in [6, 6.07) is 8.08. The van der Waals surface area contributed by atoms with Gasteiger partial charge in [-0.2, -0.15) is 0 Å². The summed E-state index contributed by atoms with van der Waals surface area (Å²) in [7, 11) is 0. The van der Waals surface area contributed by atoms with E-state index in [1.54, 1.807) is 11.3 Å². The molecule has 0 aliphatic carbocycles.